The first kappa shape index (κ1) is 15.7. The van der Waals surface area contributed by atoms with Crippen LogP contribution >= 0.6 is 15.9 Å². The normalized spacial score (nSPS) is 11.5. The summed E-state index contributed by atoms with van der Waals surface area (Å²) in [5, 5.41) is 3.12. The molecular formula is C15H18BrFN4. The molecule has 0 fully saturated rings. The molecule has 3 N–H and O–H groups in total. The maximum absolute atomic E-state index is 13.4. The maximum atomic E-state index is 13.4. The van der Waals surface area contributed by atoms with Crippen LogP contribution < -0.4 is 11.1 Å². The van der Waals surface area contributed by atoms with Gasteiger partial charge in [0, 0.05) is 15.5 Å². The molecule has 1 aromatic carbocycles. The summed E-state index contributed by atoms with van der Waals surface area (Å²) in [6.07, 6.45) is 0. The van der Waals surface area contributed by atoms with E-state index in [9.17, 15) is 4.39 Å². The lowest BCUT2D eigenvalue weighted by Gasteiger charge is -2.20. The Kier molecular flexibility index (Phi) is 4.18. The first-order valence-electron chi connectivity index (χ1n) is 6.55. The minimum Gasteiger partial charge on any atom is -0.383 e. The van der Waals surface area contributed by atoms with Gasteiger partial charge in [-0.3, -0.25) is 0 Å². The van der Waals surface area contributed by atoms with E-state index in [2.05, 4.69) is 31.2 Å². The van der Waals surface area contributed by atoms with Gasteiger partial charge in [0.05, 0.1) is 5.69 Å². The number of nitrogen functional groups attached to an aromatic ring is 1. The van der Waals surface area contributed by atoms with Crippen LogP contribution in [0, 0.1) is 12.7 Å². The predicted octanol–water partition coefficient (Wildman–Crippen LogP) is 4.31. The van der Waals surface area contributed by atoms with Gasteiger partial charge in [0.15, 0.2) is 0 Å². The molecular weight excluding hydrogens is 335 g/mol. The van der Waals surface area contributed by atoms with Gasteiger partial charge in [0.25, 0.3) is 0 Å². The van der Waals surface area contributed by atoms with Gasteiger partial charge in [-0.15, -0.1) is 0 Å². The topological polar surface area (TPSA) is 63.8 Å². The van der Waals surface area contributed by atoms with E-state index in [-0.39, 0.29) is 11.2 Å². The molecule has 0 aliphatic heterocycles. The summed E-state index contributed by atoms with van der Waals surface area (Å²) in [7, 11) is 0. The Morgan fingerprint density at radius 2 is 1.90 bits per heavy atom. The summed E-state index contributed by atoms with van der Waals surface area (Å²) < 4.78 is 14.1. The highest BCUT2D eigenvalue weighted by Gasteiger charge is 2.20. The summed E-state index contributed by atoms with van der Waals surface area (Å²) in [4.78, 5) is 8.85. The number of hydrogen-bond acceptors (Lipinski definition) is 4. The number of benzene rings is 1. The fourth-order valence-corrected chi connectivity index (χ4v) is 2.06. The Balaban J connectivity index is 2.49. The fourth-order valence-electron chi connectivity index (χ4n) is 1.71. The molecule has 0 spiro atoms. The zero-order valence-corrected chi connectivity index (χ0v) is 14.0. The van der Waals surface area contributed by atoms with Crippen molar-refractivity contribution in [3.05, 3.63) is 39.9 Å². The standard InChI is InChI=1S/C15H18BrFN4/c1-8-12(18)20-14(15(2,3)4)21-13(8)19-11-7-9(17)5-6-10(11)16/h5-7H,1-4H3,(H3,18,19,20,21). The smallest absolute Gasteiger partial charge is 0.139 e. The van der Waals surface area contributed by atoms with E-state index < -0.39 is 0 Å². The molecule has 2 aromatic rings. The molecule has 21 heavy (non-hydrogen) atoms. The molecule has 1 heterocycles. The van der Waals surface area contributed by atoms with Gasteiger partial charge < -0.3 is 11.1 Å². The Labute approximate surface area is 132 Å². The summed E-state index contributed by atoms with van der Waals surface area (Å²) in [5.41, 5.74) is 7.07. The monoisotopic (exact) mass is 352 g/mol. The van der Waals surface area contributed by atoms with Crippen molar-refractivity contribution in [3.63, 3.8) is 0 Å². The molecule has 4 nitrogen and oxygen atoms in total. The zero-order chi connectivity index (χ0) is 15.8. The van der Waals surface area contributed by atoms with E-state index >= 15 is 0 Å². The molecule has 0 radical (unpaired) electrons. The molecule has 1 aromatic heterocycles. The van der Waals surface area contributed by atoms with Crippen LogP contribution in [0.3, 0.4) is 0 Å². The van der Waals surface area contributed by atoms with Crippen LogP contribution in [0.4, 0.5) is 21.7 Å². The second-order valence-electron chi connectivity index (χ2n) is 5.91. The van der Waals surface area contributed by atoms with Crippen LogP contribution in [-0.4, -0.2) is 9.97 Å². The lowest BCUT2D eigenvalue weighted by atomic mass is 9.95. The molecule has 0 saturated carbocycles. The van der Waals surface area contributed by atoms with Gasteiger partial charge in [0.2, 0.25) is 0 Å². The lowest BCUT2D eigenvalue weighted by molar-refractivity contribution is 0.546. The summed E-state index contributed by atoms with van der Waals surface area (Å²) in [5.74, 6) is 1.32. The number of nitrogens with zero attached hydrogens (tertiary/aromatic N) is 2. The van der Waals surface area contributed by atoms with Crippen molar-refractivity contribution in [2.45, 2.75) is 33.1 Å². The Morgan fingerprint density at radius 1 is 1.24 bits per heavy atom. The number of anilines is 3. The summed E-state index contributed by atoms with van der Waals surface area (Å²) in [6.45, 7) is 7.87. The van der Waals surface area contributed by atoms with Crippen LogP contribution in [0.1, 0.15) is 32.2 Å². The average Bonchev–Trinajstić information content (AvgIpc) is 2.37. The second kappa shape index (κ2) is 5.60. The minimum atomic E-state index is -0.323. The van der Waals surface area contributed by atoms with Crippen molar-refractivity contribution in [1.82, 2.24) is 9.97 Å². The van der Waals surface area contributed by atoms with E-state index in [0.29, 0.717) is 23.1 Å². The van der Waals surface area contributed by atoms with Crippen LogP contribution in [0.2, 0.25) is 0 Å². The van der Waals surface area contributed by atoms with Crippen molar-refractivity contribution >= 4 is 33.3 Å². The number of nitrogens with one attached hydrogen (secondary N) is 1. The Morgan fingerprint density at radius 3 is 2.52 bits per heavy atom. The minimum absolute atomic E-state index is 0.225. The zero-order valence-electron chi connectivity index (χ0n) is 12.5. The molecule has 0 aliphatic rings. The SMILES string of the molecule is Cc1c(N)nc(C(C)(C)C)nc1Nc1cc(F)ccc1Br. The van der Waals surface area contributed by atoms with Crippen molar-refractivity contribution in [1.29, 1.82) is 0 Å². The molecule has 0 saturated heterocycles. The third-order valence-corrected chi connectivity index (χ3v) is 3.73. The van der Waals surface area contributed by atoms with E-state index in [4.69, 9.17) is 5.73 Å². The van der Waals surface area contributed by atoms with E-state index in [1.54, 1.807) is 6.07 Å². The summed E-state index contributed by atoms with van der Waals surface area (Å²) >= 11 is 3.39. The highest BCUT2D eigenvalue weighted by Crippen LogP contribution is 2.30. The van der Waals surface area contributed by atoms with Crippen molar-refractivity contribution in [2.24, 2.45) is 0 Å². The third-order valence-electron chi connectivity index (χ3n) is 3.04. The summed E-state index contributed by atoms with van der Waals surface area (Å²) in [6, 6.07) is 4.43. The quantitative estimate of drug-likeness (QED) is 0.845. The van der Waals surface area contributed by atoms with Gasteiger partial charge in [-0.25, -0.2) is 14.4 Å². The van der Waals surface area contributed by atoms with E-state index in [1.807, 2.05) is 27.7 Å². The van der Waals surface area contributed by atoms with Crippen LogP contribution in [0.25, 0.3) is 0 Å². The van der Waals surface area contributed by atoms with Crippen LogP contribution in [-0.2, 0) is 5.41 Å². The molecule has 112 valence electrons. The molecule has 0 amide bonds. The number of hydrogen-bond donors (Lipinski definition) is 2. The van der Waals surface area contributed by atoms with Crippen LogP contribution in [0.15, 0.2) is 22.7 Å². The van der Waals surface area contributed by atoms with E-state index in [0.717, 1.165) is 10.0 Å². The van der Waals surface area contributed by atoms with Crippen molar-refractivity contribution < 1.29 is 4.39 Å². The molecule has 0 atom stereocenters. The highest BCUT2D eigenvalue weighted by atomic mass is 79.9. The largest absolute Gasteiger partial charge is 0.383 e. The molecule has 0 bridgehead atoms. The van der Waals surface area contributed by atoms with Crippen molar-refractivity contribution in [3.8, 4) is 0 Å². The Hall–Kier alpha value is -1.69. The molecule has 0 aliphatic carbocycles. The first-order valence-corrected chi connectivity index (χ1v) is 7.34. The van der Waals surface area contributed by atoms with E-state index in [1.165, 1.54) is 12.1 Å². The third kappa shape index (κ3) is 3.50. The predicted molar refractivity (Wildman–Crippen MR) is 87.3 cm³/mol. The average molecular weight is 353 g/mol. The van der Waals surface area contributed by atoms with Crippen LogP contribution in [0.5, 0.6) is 0 Å². The molecule has 0 unspecified atom stereocenters. The molecule has 6 heteroatoms. The van der Waals surface area contributed by atoms with Crippen molar-refractivity contribution in [2.75, 3.05) is 11.1 Å². The fraction of sp³-hybridized carbons (Fsp3) is 0.333. The van der Waals surface area contributed by atoms with Gasteiger partial charge >= 0.3 is 0 Å². The van der Waals surface area contributed by atoms with Gasteiger partial charge in [-0.05, 0) is 41.1 Å². The molecule has 2 rings (SSSR count). The highest BCUT2D eigenvalue weighted by molar-refractivity contribution is 9.10. The van der Waals surface area contributed by atoms with Gasteiger partial charge in [-0.2, -0.15) is 0 Å². The first-order chi connectivity index (χ1) is 9.68. The lowest BCUT2D eigenvalue weighted by Crippen LogP contribution is -2.19. The second-order valence-corrected chi connectivity index (χ2v) is 6.76. The number of nitrogens with two attached hydrogens (primary N) is 1. The maximum Gasteiger partial charge on any atom is 0.139 e. The van der Waals surface area contributed by atoms with Gasteiger partial charge in [-0.1, -0.05) is 20.8 Å². The number of aromatic nitrogens is 2. The Bertz CT molecular complexity index is 680. The number of rotatable bonds is 2. The van der Waals surface area contributed by atoms with Gasteiger partial charge in [0.1, 0.15) is 23.3 Å². The number of halogens is 2.